The number of aliphatic hydroxyl groups is 1. The summed E-state index contributed by atoms with van der Waals surface area (Å²) in [7, 11) is 0. The number of rotatable bonds is 2. The maximum atomic E-state index is 13.1. The topological polar surface area (TPSA) is 20.2 Å². The van der Waals surface area contributed by atoms with Crippen molar-refractivity contribution in [3.05, 3.63) is 35.1 Å². The van der Waals surface area contributed by atoms with E-state index in [4.69, 9.17) is 0 Å². The molecule has 1 rings (SSSR count). The van der Waals surface area contributed by atoms with E-state index >= 15 is 0 Å². The van der Waals surface area contributed by atoms with Gasteiger partial charge < -0.3 is 5.11 Å². The number of aliphatic hydroxyl groups excluding tert-OH is 1. The fourth-order valence-electron chi connectivity index (χ4n) is 1.34. The van der Waals surface area contributed by atoms with Crippen molar-refractivity contribution < 1.29 is 13.9 Å². The summed E-state index contributed by atoms with van der Waals surface area (Å²) in [6.07, 6.45) is -2.24. The van der Waals surface area contributed by atoms with E-state index in [1.54, 1.807) is 0 Å². The van der Waals surface area contributed by atoms with Crippen molar-refractivity contribution in [3.63, 3.8) is 0 Å². The first-order valence-corrected chi connectivity index (χ1v) is 4.14. The summed E-state index contributed by atoms with van der Waals surface area (Å²) in [4.78, 5) is 0. The Bertz CT molecular complexity index is 295. The molecule has 72 valence electrons. The van der Waals surface area contributed by atoms with Crippen LogP contribution in [0.4, 0.5) is 8.78 Å². The molecule has 1 nitrogen and oxygen atoms in total. The minimum absolute atomic E-state index is 0.0440. The lowest BCUT2D eigenvalue weighted by molar-refractivity contribution is 0.194. The molecule has 0 aliphatic carbocycles. The molecule has 1 aromatic rings. The highest BCUT2D eigenvalue weighted by atomic mass is 19.1. The number of halogens is 2. The van der Waals surface area contributed by atoms with Gasteiger partial charge in [-0.15, -0.1) is 0 Å². The molecule has 2 atom stereocenters. The fourth-order valence-corrected chi connectivity index (χ4v) is 1.34. The van der Waals surface area contributed by atoms with Crippen LogP contribution in [0, 0.1) is 5.82 Å². The van der Waals surface area contributed by atoms with E-state index in [0.717, 1.165) is 0 Å². The van der Waals surface area contributed by atoms with Gasteiger partial charge in [-0.05, 0) is 25.5 Å². The van der Waals surface area contributed by atoms with Crippen molar-refractivity contribution in [2.75, 3.05) is 0 Å². The van der Waals surface area contributed by atoms with Crippen LogP contribution in [0.1, 0.15) is 37.3 Å². The Morgan fingerprint density at radius 2 is 1.92 bits per heavy atom. The predicted octanol–water partition coefficient (Wildman–Crippen LogP) is 2.91. The van der Waals surface area contributed by atoms with Crippen LogP contribution in [0.15, 0.2) is 18.2 Å². The normalized spacial score (nSPS) is 15.5. The van der Waals surface area contributed by atoms with E-state index in [0.29, 0.717) is 5.56 Å². The molecule has 0 amide bonds. The van der Waals surface area contributed by atoms with Crippen molar-refractivity contribution in [2.45, 2.75) is 26.1 Å². The van der Waals surface area contributed by atoms with E-state index in [1.807, 2.05) is 0 Å². The summed E-state index contributed by atoms with van der Waals surface area (Å²) in [6.45, 7) is 2.74. The quantitative estimate of drug-likeness (QED) is 0.752. The zero-order valence-electron chi connectivity index (χ0n) is 7.59. The van der Waals surface area contributed by atoms with Crippen molar-refractivity contribution in [1.82, 2.24) is 0 Å². The maximum Gasteiger partial charge on any atom is 0.129 e. The van der Waals surface area contributed by atoms with Crippen LogP contribution in [-0.4, -0.2) is 5.11 Å². The molecule has 1 N–H and O–H groups in total. The summed E-state index contributed by atoms with van der Waals surface area (Å²) in [5.41, 5.74) is 0.271. The van der Waals surface area contributed by atoms with Crippen molar-refractivity contribution in [1.29, 1.82) is 0 Å². The summed E-state index contributed by atoms with van der Waals surface area (Å²) in [6, 6.07) is 4.18. The van der Waals surface area contributed by atoms with Crippen LogP contribution < -0.4 is 0 Å². The molecule has 0 radical (unpaired) electrons. The van der Waals surface area contributed by atoms with E-state index in [2.05, 4.69) is 0 Å². The second-order valence-corrected chi connectivity index (χ2v) is 3.03. The molecule has 1 aromatic carbocycles. The van der Waals surface area contributed by atoms with Gasteiger partial charge >= 0.3 is 0 Å². The molecule has 0 bridgehead atoms. The fraction of sp³-hybridized carbons (Fsp3) is 0.400. The lowest BCUT2D eigenvalue weighted by atomic mass is 10.00. The molecular weight excluding hydrogens is 174 g/mol. The predicted molar refractivity (Wildman–Crippen MR) is 46.6 cm³/mol. The molecule has 0 heterocycles. The molecule has 13 heavy (non-hydrogen) atoms. The van der Waals surface area contributed by atoms with Gasteiger partial charge in [0.15, 0.2) is 0 Å². The Balaban J connectivity index is 3.26. The first-order valence-electron chi connectivity index (χ1n) is 4.14. The van der Waals surface area contributed by atoms with Gasteiger partial charge in [0.2, 0.25) is 0 Å². The third-order valence-corrected chi connectivity index (χ3v) is 1.93. The van der Waals surface area contributed by atoms with Gasteiger partial charge in [-0.1, -0.05) is 12.1 Å². The zero-order valence-corrected chi connectivity index (χ0v) is 7.59. The first kappa shape index (κ1) is 10.1. The van der Waals surface area contributed by atoms with Crippen LogP contribution in [0.5, 0.6) is 0 Å². The molecule has 0 spiro atoms. The Morgan fingerprint density at radius 3 is 2.31 bits per heavy atom. The lowest BCUT2D eigenvalue weighted by Gasteiger charge is -2.13. The molecular formula is C10H12F2O. The summed E-state index contributed by atoms with van der Waals surface area (Å²) >= 11 is 0. The van der Waals surface area contributed by atoms with E-state index in [-0.39, 0.29) is 5.56 Å². The number of hydrogen-bond acceptors (Lipinski definition) is 1. The molecule has 2 unspecified atom stereocenters. The first-order chi connectivity index (χ1) is 6.04. The third-order valence-electron chi connectivity index (χ3n) is 1.93. The largest absolute Gasteiger partial charge is 0.389 e. The molecule has 0 aliphatic rings. The number of alkyl halides is 1. The van der Waals surface area contributed by atoms with E-state index < -0.39 is 18.1 Å². The maximum absolute atomic E-state index is 13.1. The zero-order chi connectivity index (χ0) is 10.0. The molecule has 0 saturated heterocycles. The highest BCUT2D eigenvalue weighted by molar-refractivity contribution is 5.31. The molecule has 0 aromatic heterocycles. The second-order valence-electron chi connectivity index (χ2n) is 3.03. The van der Waals surface area contributed by atoms with Gasteiger partial charge in [0.1, 0.15) is 12.0 Å². The standard InChI is InChI=1S/C10H12F2O/c1-6(11)10-8(7(2)13)4-3-5-9(10)12/h3-7,13H,1-2H3. The highest BCUT2D eigenvalue weighted by Crippen LogP contribution is 2.28. The average molecular weight is 186 g/mol. The smallest absolute Gasteiger partial charge is 0.129 e. The van der Waals surface area contributed by atoms with E-state index in [1.165, 1.54) is 32.0 Å². The Hall–Kier alpha value is -0.960. The minimum atomic E-state index is -1.40. The van der Waals surface area contributed by atoms with Crippen LogP contribution >= 0.6 is 0 Å². The number of benzene rings is 1. The van der Waals surface area contributed by atoms with Gasteiger partial charge in [0, 0.05) is 5.56 Å². The third kappa shape index (κ3) is 2.04. The monoisotopic (exact) mass is 186 g/mol. The van der Waals surface area contributed by atoms with Gasteiger partial charge in [-0.2, -0.15) is 0 Å². The lowest BCUT2D eigenvalue weighted by Crippen LogP contribution is -2.02. The van der Waals surface area contributed by atoms with E-state index in [9.17, 15) is 13.9 Å². The van der Waals surface area contributed by atoms with Crippen molar-refractivity contribution in [2.24, 2.45) is 0 Å². The van der Waals surface area contributed by atoms with Crippen LogP contribution in [-0.2, 0) is 0 Å². The van der Waals surface area contributed by atoms with Gasteiger partial charge in [0.25, 0.3) is 0 Å². The summed E-state index contributed by atoms with van der Waals surface area (Å²) in [5, 5.41) is 9.24. The number of hydrogen-bond donors (Lipinski definition) is 1. The molecule has 0 fully saturated rings. The summed E-state index contributed by atoms with van der Waals surface area (Å²) < 4.78 is 26.1. The minimum Gasteiger partial charge on any atom is -0.389 e. The van der Waals surface area contributed by atoms with Gasteiger partial charge in [-0.3, -0.25) is 0 Å². The Labute approximate surface area is 76.0 Å². The highest BCUT2D eigenvalue weighted by Gasteiger charge is 2.17. The van der Waals surface area contributed by atoms with Crippen LogP contribution in [0.25, 0.3) is 0 Å². The van der Waals surface area contributed by atoms with Gasteiger partial charge in [0.05, 0.1) is 6.10 Å². The van der Waals surface area contributed by atoms with Gasteiger partial charge in [-0.25, -0.2) is 8.78 Å². The molecule has 0 aliphatic heterocycles. The SMILES string of the molecule is CC(O)c1cccc(F)c1C(C)F. The average Bonchev–Trinajstić information content (AvgIpc) is 2.02. The molecule has 0 saturated carbocycles. The van der Waals surface area contributed by atoms with Crippen molar-refractivity contribution in [3.8, 4) is 0 Å². The molecule has 3 heteroatoms. The van der Waals surface area contributed by atoms with Crippen LogP contribution in [0.2, 0.25) is 0 Å². The Morgan fingerprint density at radius 1 is 1.31 bits per heavy atom. The van der Waals surface area contributed by atoms with Crippen molar-refractivity contribution >= 4 is 0 Å². The van der Waals surface area contributed by atoms with Crippen LogP contribution in [0.3, 0.4) is 0 Å². The second kappa shape index (κ2) is 3.83. The summed E-state index contributed by atoms with van der Waals surface area (Å²) in [5.74, 6) is -0.603. The Kier molecular flexibility index (Phi) is 2.98.